The maximum absolute atomic E-state index is 11.9. The number of carboxylic acid groups (broad SMARTS) is 1. The number of aliphatic hydroxyl groups is 1. The standard InChI is InChI=1S/C10H18N2O6S/c1-6-5-19(17,18)4-3-12(6)10(16)11-8(7(2)13)9(14)15/h6-8,13H,3-5H2,1-2H3,(H,11,16)(H,14,15). The van der Waals surface area contributed by atoms with E-state index < -0.39 is 40.0 Å². The number of carbonyl (C=O) groups excluding carboxylic acids is 1. The third kappa shape index (κ3) is 4.06. The zero-order chi connectivity index (χ0) is 14.8. The number of nitrogens with one attached hydrogen (secondary N) is 1. The summed E-state index contributed by atoms with van der Waals surface area (Å²) in [6.07, 6.45) is -1.25. The number of rotatable bonds is 3. The zero-order valence-corrected chi connectivity index (χ0v) is 11.6. The Morgan fingerprint density at radius 1 is 1.42 bits per heavy atom. The van der Waals surface area contributed by atoms with Gasteiger partial charge in [-0.25, -0.2) is 18.0 Å². The molecule has 0 bridgehead atoms. The largest absolute Gasteiger partial charge is 0.480 e. The van der Waals surface area contributed by atoms with E-state index in [1.807, 2.05) is 0 Å². The molecular weight excluding hydrogens is 276 g/mol. The minimum atomic E-state index is -3.15. The molecule has 1 aliphatic heterocycles. The highest BCUT2D eigenvalue weighted by atomic mass is 32.2. The lowest BCUT2D eigenvalue weighted by Gasteiger charge is -2.34. The van der Waals surface area contributed by atoms with Crippen molar-refractivity contribution >= 4 is 21.8 Å². The molecule has 3 unspecified atom stereocenters. The van der Waals surface area contributed by atoms with Gasteiger partial charge in [-0.1, -0.05) is 0 Å². The second kappa shape index (κ2) is 5.74. The Bertz CT molecular complexity index is 461. The summed E-state index contributed by atoms with van der Waals surface area (Å²) in [5.41, 5.74) is 0. The second-order valence-corrected chi connectivity index (χ2v) is 6.89. The third-order valence-corrected chi connectivity index (χ3v) is 4.75. The monoisotopic (exact) mass is 294 g/mol. The first-order chi connectivity index (χ1) is 8.64. The molecule has 2 amide bonds. The molecule has 9 heteroatoms. The summed E-state index contributed by atoms with van der Waals surface area (Å²) in [6.45, 7) is 2.85. The number of nitrogens with zero attached hydrogens (tertiary/aromatic N) is 1. The predicted octanol–water partition coefficient (Wildman–Crippen LogP) is -1.35. The fourth-order valence-corrected chi connectivity index (χ4v) is 3.46. The van der Waals surface area contributed by atoms with E-state index in [4.69, 9.17) is 5.11 Å². The lowest BCUT2D eigenvalue weighted by Crippen LogP contribution is -2.57. The Hall–Kier alpha value is -1.35. The van der Waals surface area contributed by atoms with Crippen LogP contribution < -0.4 is 5.32 Å². The fourth-order valence-electron chi connectivity index (χ4n) is 1.90. The van der Waals surface area contributed by atoms with E-state index in [-0.39, 0.29) is 18.1 Å². The van der Waals surface area contributed by atoms with Crippen LogP contribution in [0.5, 0.6) is 0 Å². The maximum atomic E-state index is 11.9. The van der Waals surface area contributed by atoms with Crippen LogP contribution in [0, 0.1) is 0 Å². The predicted molar refractivity (Wildman–Crippen MR) is 66.5 cm³/mol. The molecule has 1 heterocycles. The van der Waals surface area contributed by atoms with Crippen LogP contribution in [0.15, 0.2) is 0 Å². The van der Waals surface area contributed by atoms with E-state index in [0.29, 0.717) is 0 Å². The number of aliphatic carboxylic acids is 1. The third-order valence-electron chi connectivity index (χ3n) is 2.96. The van der Waals surface area contributed by atoms with E-state index in [9.17, 15) is 23.1 Å². The topological polar surface area (TPSA) is 124 Å². The Labute approximate surface area is 111 Å². The molecule has 0 aromatic carbocycles. The summed E-state index contributed by atoms with van der Waals surface area (Å²) in [5.74, 6) is -1.63. The van der Waals surface area contributed by atoms with Crippen molar-refractivity contribution in [1.82, 2.24) is 10.2 Å². The molecule has 0 spiro atoms. The van der Waals surface area contributed by atoms with Crippen molar-refractivity contribution in [2.45, 2.75) is 32.0 Å². The first-order valence-corrected chi connectivity index (χ1v) is 7.64. The summed E-state index contributed by atoms with van der Waals surface area (Å²) in [5, 5.41) is 20.3. The van der Waals surface area contributed by atoms with E-state index in [1.165, 1.54) is 11.8 Å². The number of aliphatic hydroxyl groups excluding tert-OH is 1. The van der Waals surface area contributed by atoms with Crippen molar-refractivity contribution in [2.24, 2.45) is 0 Å². The van der Waals surface area contributed by atoms with Crippen molar-refractivity contribution in [3.05, 3.63) is 0 Å². The quantitative estimate of drug-likeness (QED) is 0.591. The summed E-state index contributed by atoms with van der Waals surface area (Å²) in [6, 6.07) is -2.63. The van der Waals surface area contributed by atoms with Crippen LogP contribution in [0.25, 0.3) is 0 Å². The van der Waals surface area contributed by atoms with E-state index in [2.05, 4.69) is 5.32 Å². The number of urea groups is 1. The molecule has 8 nitrogen and oxygen atoms in total. The van der Waals surface area contributed by atoms with E-state index in [0.717, 1.165) is 0 Å². The van der Waals surface area contributed by atoms with Crippen molar-refractivity contribution < 1.29 is 28.2 Å². The van der Waals surface area contributed by atoms with Crippen LogP contribution in [0.3, 0.4) is 0 Å². The first-order valence-electron chi connectivity index (χ1n) is 5.82. The Morgan fingerprint density at radius 2 is 2.00 bits per heavy atom. The number of sulfone groups is 1. The lowest BCUT2D eigenvalue weighted by atomic mass is 10.2. The minimum absolute atomic E-state index is 0.0154. The SMILES string of the molecule is CC(O)C(NC(=O)N1CCS(=O)(=O)CC1C)C(=O)O. The van der Waals surface area contributed by atoms with Crippen molar-refractivity contribution in [2.75, 3.05) is 18.1 Å². The van der Waals surface area contributed by atoms with Crippen LogP contribution in [-0.4, -0.2) is 71.8 Å². The van der Waals surface area contributed by atoms with Crippen molar-refractivity contribution in [3.63, 3.8) is 0 Å². The number of hydrogen-bond donors (Lipinski definition) is 3. The van der Waals surface area contributed by atoms with Crippen LogP contribution in [-0.2, 0) is 14.6 Å². The van der Waals surface area contributed by atoms with Gasteiger partial charge in [-0.05, 0) is 13.8 Å². The Balaban J connectivity index is 2.71. The summed E-state index contributed by atoms with van der Waals surface area (Å²) < 4.78 is 22.8. The number of carboxylic acids is 1. The highest BCUT2D eigenvalue weighted by Gasteiger charge is 2.34. The highest BCUT2D eigenvalue weighted by Crippen LogP contribution is 2.11. The number of carbonyl (C=O) groups is 2. The minimum Gasteiger partial charge on any atom is -0.480 e. The molecule has 0 saturated carbocycles. The van der Waals surface area contributed by atoms with Crippen LogP contribution >= 0.6 is 0 Å². The van der Waals surface area contributed by atoms with Gasteiger partial charge in [-0.15, -0.1) is 0 Å². The lowest BCUT2D eigenvalue weighted by molar-refractivity contribution is -0.141. The molecule has 1 aliphatic rings. The molecule has 0 aliphatic carbocycles. The van der Waals surface area contributed by atoms with Gasteiger partial charge in [-0.2, -0.15) is 0 Å². The van der Waals surface area contributed by atoms with Crippen molar-refractivity contribution in [3.8, 4) is 0 Å². The first kappa shape index (κ1) is 15.7. The van der Waals surface area contributed by atoms with Crippen LogP contribution in [0.2, 0.25) is 0 Å². The molecule has 3 atom stereocenters. The summed E-state index contributed by atoms with van der Waals surface area (Å²) >= 11 is 0. The molecule has 3 N–H and O–H groups in total. The average molecular weight is 294 g/mol. The van der Waals surface area contributed by atoms with Gasteiger partial charge < -0.3 is 20.4 Å². The molecule has 0 aromatic heterocycles. The second-order valence-electron chi connectivity index (χ2n) is 4.66. The van der Waals surface area contributed by atoms with Gasteiger partial charge in [0.15, 0.2) is 15.9 Å². The van der Waals surface area contributed by atoms with Gasteiger partial charge in [0.1, 0.15) is 0 Å². The van der Waals surface area contributed by atoms with Crippen molar-refractivity contribution in [1.29, 1.82) is 0 Å². The van der Waals surface area contributed by atoms with Gasteiger partial charge in [0.2, 0.25) is 0 Å². The van der Waals surface area contributed by atoms with Gasteiger partial charge in [0.05, 0.1) is 17.6 Å². The summed E-state index contributed by atoms with van der Waals surface area (Å²) in [4.78, 5) is 24.0. The maximum Gasteiger partial charge on any atom is 0.328 e. The molecule has 1 rings (SSSR count). The summed E-state index contributed by atoms with van der Waals surface area (Å²) in [7, 11) is -3.15. The highest BCUT2D eigenvalue weighted by molar-refractivity contribution is 7.91. The van der Waals surface area contributed by atoms with Crippen LogP contribution in [0.4, 0.5) is 4.79 Å². The average Bonchev–Trinajstić information content (AvgIpc) is 2.23. The normalized spacial score (nSPS) is 25.4. The molecule has 0 aromatic rings. The molecule has 19 heavy (non-hydrogen) atoms. The Morgan fingerprint density at radius 3 is 2.42 bits per heavy atom. The molecule has 1 fully saturated rings. The van der Waals surface area contributed by atoms with E-state index >= 15 is 0 Å². The smallest absolute Gasteiger partial charge is 0.328 e. The van der Waals surface area contributed by atoms with Gasteiger partial charge in [-0.3, -0.25) is 0 Å². The van der Waals surface area contributed by atoms with E-state index in [1.54, 1.807) is 6.92 Å². The molecule has 0 radical (unpaired) electrons. The van der Waals surface area contributed by atoms with Gasteiger partial charge >= 0.3 is 12.0 Å². The fraction of sp³-hybridized carbons (Fsp3) is 0.800. The van der Waals surface area contributed by atoms with Gasteiger partial charge in [0.25, 0.3) is 0 Å². The Kier molecular flexibility index (Phi) is 4.75. The molecular formula is C10H18N2O6S. The molecule has 110 valence electrons. The zero-order valence-electron chi connectivity index (χ0n) is 10.7. The number of hydrogen-bond acceptors (Lipinski definition) is 5. The van der Waals surface area contributed by atoms with Crippen LogP contribution in [0.1, 0.15) is 13.8 Å². The number of amides is 2. The molecule has 1 saturated heterocycles. The van der Waals surface area contributed by atoms with Gasteiger partial charge in [0, 0.05) is 12.6 Å².